The first-order valence-electron chi connectivity index (χ1n) is 9.37. The third-order valence-corrected chi connectivity index (χ3v) is 5.19. The van der Waals surface area contributed by atoms with Crippen LogP contribution in [0.5, 0.6) is 0 Å². The summed E-state index contributed by atoms with van der Waals surface area (Å²) in [6.07, 6.45) is 7.10. The van der Waals surface area contributed by atoms with Crippen LogP contribution in [-0.2, 0) is 24.1 Å². The van der Waals surface area contributed by atoms with Crippen LogP contribution in [0.1, 0.15) is 71.2 Å². The predicted molar refractivity (Wildman–Crippen MR) is 95.8 cm³/mol. The number of ether oxygens (including phenoxy) is 1. The summed E-state index contributed by atoms with van der Waals surface area (Å²) in [5.41, 5.74) is 7.25. The summed E-state index contributed by atoms with van der Waals surface area (Å²) in [6.45, 7) is 9.30. The number of carbonyl (C=O) groups excluding carboxylic acids is 1. The van der Waals surface area contributed by atoms with E-state index in [1.165, 1.54) is 37.1 Å². The molecule has 1 saturated carbocycles. The van der Waals surface area contributed by atoms with Crippen molar-refractivity contribution in [1.82, 2.24) is 9.78 Å². The summed E-state index contributed by atoms with van der Waals surface area (Å²) in [7, 11) is 0. The van der Waals surface area contributed by atoms with Crippen LogP contribution in [0.15, 0.2) is 6.07 Å². The van der Waals surface area contributed by atoms with Gasteiger partial charge < -0.3 is 10.5 Å². The number of nitrogens with zero attached hydrogens (tertiary/aromatic N) is 2. The minimum atomic E-state index is -0.675. The second kappa shape index (κ2) is 8.04. The number of nitrogens with two attached hydrogens (primary N) is 1. The van der Waals surface area contributed by atoms with Crippen molar-refractivity contribution in [3.63, 3.8) is 0 Å². The lowest BCUT2D eigenvalue weighted by Gasteiger charge is -2.34. The van der Waals surface area contributed by atoms with E-state index in [9.17, 15) is 4.79 Å². The maximum Gasteiger partial charge on any atom is 0.405 e. The molecule has 0 radical (unpaired) electrons. The van der Waals surface area contributed by atoms with Crippen LogP contribution < -0.4 is 5.73 Å². The van der Waals surface area contributed by atoms with Crippen LogP contribution in [-0.4, -0.2) is 21.5 Å². The Morgan fingerprint density at radius 3 is 2.42 bits per heavy atom. The number of carbonyl (C=O) groups is 1. The molecule has 1 fully saturated rings. The highest BCUT2D eigenvalue weighted by Gasteiger charge is 2.30. The molecule has 0 saturated heterocycles. The molecule has 1 aliphatic rings. The molecule has 2 rings (SSSR count). The van der Waals surface area contributed by atoms with Crippen molar-refractivity contribution in [2.75, 3.05) is 0 Å². The quantitative estimate of drug-likeness (QED) is 0.816. The van der Waals surface area contributed by atoms with Gasteiger partial charge in [0.2, 0.25) is 0 Å². The van der Waals surface area contributed by atoms with Gasteiger partial charge in [0.05, 0.1) is 5.69 Å². The molecule has 0 aromatic carbocycles. The number of rotatable bonds is 7. The van der Waals surface area contributed by atoms with E-state index in [-0.39, 0.29) is 0 Å². The summed E-state index contributed by atoms with van der Waals surface area (Å²) in [5.74, 6) is 1.32. The maximum atomic E-state index is 11.0. The molecular weight excluding hydrogens is 302 g/mol. The zero-order chi connectivity index (χ0) is 17.7. The van der Waals surface area contributed by atoms with Gasteiger partial charge in [0.15, 0.2) is 0 Å². The Balaban J connectivity index is 1.85. The lowest BCUT2D eigenvalue weighted by molar-refractivity contribution is 0.0192. The number of hydrogen-bond donors (Lipinski definition) is 1. The Morgan fingerprint density at radius 2 is 1.88 bits per heavy atom. The highest BCUT2D eigenvalue weighted by atomic mass is 16.6. The smallest absolute Gasteiger partial charge is 0.405 e. The van der Waals surface area contributed by atoms with E-state index in [4.69, 9.17) is 15.6 Å². The second-order valence-corrected chi connectivity index (χ2v) is 7.79. The minimum Gasteiger partial charge on any atom is -0.444 e. The molecule has 0 spiro atoms. The number of amides is 1. The molecule has 1 aromatic rings. The Kier molecular flexibility index (Phi) is 6.30. The van der Waals surface area contributed by atoms with Gasteiger partial charge >= 0.3 is 6.09 Å². The largest absolute Gasteiger partial charge is 0.444 e. The van der Waals surface area contributed by atoms with Gasteiger partial charge in [-0.15, -0.1) is 0 Å². The highest BCUT2D eigenvalue weighted by molar-refractivity contribution is 5.65. The van der Waals surface area contributed by atoms with Gasteiger partial charge in [0.1, 0.15) is 5.60 Å². The van der Waals surface area contributed by atoms with Gasteiger partial charge in [0, 0.05) is 12.2 Å². The van der Waals surface area contributed by atoms with Crippen LogP contribution in [0, 0.1) is 11.8 Å². The lowest BCUT2D eigenvalue weighted by atomic mass is 9.77. The van der Waals surface area contributed by atoms with Crippen molar-refractivity contribution in [2.24, 2.45) is 17.6 Å². The molecule has 136 valence electrons. The van der Waals surface area contributed by atoms with Crippen LogP contribution in [0.4, 0.5) is 4.79 Å². The Bertz CT molecular complexity index is 543. The third-order valence-electron chi connectivity index (χ3n) is 5.19. The molecule has 0 atom stereocenters. The van der Waals surface area contributed by atoms with Crippen molar-refractivity contribution >= 4 is 6.09 Å². The summed E-state index contributed by atoms with van der Waals surface area (Å²) < 4.78 is 7.46. The minimum absolute atomic E-state index is 0.462. The zero-order valence-corrected chi connectivity index (χ0v) is 15.7. The van der Waals surface area contributed by atoms with Gasteiger partial charge in [-0.05, 0) is 76.7 Å². The molecule has 1 heterocycles. The third kappa shape index (κ3) is 5.25. The first-order chi connectivity index (χ1) is 11.3. The van der Waals surface area contributed by atoms with Crippen LogP contribution >= 0.6 is 0 Å². The maximum absolute atomic E-state index is 11.0. The summed E-state index contributed by atoms with van der Waals surface area (Å²) in [5, 5.41) is 4.75. The van der Waals surface area contributed by atoms with Crippen molar-refractivity contribution in [3.05, 3.63) is 17.5 Å². The number of hydrogen-bond acceptors (Lipinski definition) is 3. The lowest BCUT2D eigenvalue weighted by Crippen LogP contribution is -2.34. The van der Waals surface area contributed by atoms with Gasteiger partial charge in [-0.2, -0.15) is 5.10 Å². The molecule has 0 unspecified atom stereocenters. The van der Waals surface area contributed by atoms with E-state index in [1.54, 1.807) is 0 Å². The second-order valence-electron chi connectivity index (χ2n) is 7.79. The van der Waals surface area contributed by atoms with Crippen LogP contribution in [0.3, 0.4) is 0 Å². The monoisotopic (exact) mass is 335 g/mol. The molecule has 5 nitrogen and oxygen atoms in total. The van der Waals surface area contributed by atoms with E-state index in [0.29, 0.717) is 11.8 Å². The van der Waals surface area contributed by atoms with Crippen LogP contribution in [0.25, 0.3) is 0 Å². The molecule has 2 N–H and O–H groups in total. The average molecular weight is 335 g/mol. The Morgan fingerprint density at radius 1 is 1.25 bits per heavy atom. The molecule has 24 heavy (non-hydrogen) atoms. The van der Waals surface area contributed by atoms with E-state index in [0.717, 1.165) is 25.8 Å². The topological polar surface area (TPSA) is 70.1 Å². The number of primary amides is 1. The Labute approximate surface area is 145 Å². The SMILES string of the molecule is CCc1cc(CC)n(CC2CCC(CC(C)(C)OC(N)=O)CC2)n1. The van der Waals surface area contributed by atoms with Gasteiger partial charge in [-0.3, -0.25) is 4.68 Å². The van der Waals surface area contributed by atoms with Crippen molar-refractivity contribution in [2.45, 2.75) is 84.8 Å². The molecule has 1 aromatic heterocycles. The number of aromatic nitrogens is 2. The molecule has 0 aliphatic heterocycles. The van der Waals surface area contributed by atoms with E-state index in [2.05, 4.69) is 24.6 Å². The van der Waals surface area contributed by atoms with E-state index in [1.807, 2.05) is 13.8 Å². The summed E-state index contributed by atoms with van der Waals surface area (Å²) >= 11 is 0. The molecule has 1 amide bonds. The fourth-order valence-corrected chi connectivity index (χ4v) is 4.00. The molecular formula is C19H33N3O2. The van der Waals surface area contributed by atoms with E-state index < -0.39 is 11.7 Å². The van der Waals surface area contributed by atoms with Gasteiger partial charge in [-0.25, -0.2) is 4.79 Å². The molecule has 0 bridgehead atoms. The fraction of sp³-hybridized carbons (Fsp3) is 0.789. The van der Waals surface area contributed by atoms with Crippen molar-refractivity contribution in [3.8, 4) is 0 Å². The summed E-state index contributed by atoms with van der Waals surface area (Å²) in [6, 6.07) is 2.25. The first-order valence-corrected chi connectivity index (χ1v) is 9.37. The standard InChI is InChI=1S/C19H33N3O2/c1-5-16-11-17(6-2)22(21-16)13-15-9-7-14(8-10-15)12-19(3,4)24-18(20)23/h11,14-15H,5-10,12-13H2,1-4H3,(H2,20,23). The fourth-order valence-electron chi connectivity index (χ4n) is 4.00. The van der Waals surface area contributed by atoms with Gasteiger partial charge in [0.25, 0.3) is 0 Å². The number of aryl methyl sites for hydroxylation is 2. The average Bonchev–Trinajstić information content (AvgIpc) is 2.89. The van der Waals surface area contributed by atoms with Crippen molar-refractivity contribution < 1.29 is 9.53 Å². The Hall–Kier alpha value is -1.52. The molecule has 5 heteroatoms. The highest BCUT2D eigenvalue weighted by Crippen LogP contribution is 2.35. The van der Waals surface area contributed by atoms with E-state index >= 15 is 0 Å². The van der Waals surface area contributed by atoms with Crippen LogP contribution in [0.2, 0.25) is 0 Å². The van der Waals surface area contributed by atoms with Gasteiger partial charge in [-0.1, -0.05) is 13.8 Å². The molecule has 1 aliphatic carbocycles. The summed E-state index contributed by atoms with van der Waals surface area (Å²) in [4.78, 5) is 11.0. The first kappa shape index (κ1) is 18.8. The normalized spacial score (nSPS) is 21.7. The predicted octanol–water partition coefficient (Wildman–Crippen LogP) is 4.08. The van der Waals surface area contributed by atoms with Crippen molar-refractivity contribution in [1.29, 1.82) is 0 Å². The zero-order valence-electron chi connectivity index (χ0n) is 15.7.